The predicted octanol–water partition coefficient (Wildman–Crippen LogP) is 9.49. The number of benzene rings is 6. The van der Waals surface area contributed by atoms with E-state index in [1.54, 1.807) is 86.5 Å². The van der Waals surface area contributed by atoms with E-state index < -0.39 is 26.3 Å². The molecule has 19 N–H and O–H groups in total. The fraction of sp³-hybridized carbons (Fsp3) is 0.455. The maximum Gasteiger partial charge on any atom is 0.714 e. The monoisotopic (exact) mass is 1890 g/mol. The third-order valence-corrected chi connectivity index (χ3v) is 27.2. The van der Waals surface area contributed by atoms with Gasteiger partial charge in [-0.2, -0.15) is 29.9 Å². The van der Waals surface area contributed by atoms with Crippen molar-refractivity contribution in [3.8, 4) is 35.3 Å². The second-order valence-electron chi connectivity index (χ2n) is 36.4. The number of nitrogens with one attached hydrogen (secondary N) is 6. The molecule has 137 heavy (non-hydrogen) atoms. The van der Waals surface area contributed by atoms with Gasteiger partial charge in [0.25, 0.3) is 0 Å². The Kier molecular flexibility index (Phi) is 34.0. The molecule has 0 spiro atoms. The molecule has 15 rings (SSSR count). The number of nitrogens with zero attached hydrogens (tertiary/aromatic N) is 12. The molecule has 3 saturated heterocycles. The number of hydrogen-bond acceptors (Lipinski definition) is 28. The van der Waals surface area contributed by atoms with E-state index in [1.165, 1.54) is 16.7 Å². The summed E-state index contributed by atoms with van der Waals surface area (Å²) in [5.41, 5.74) is 48.1. The second-order valence-corrected chi connectivity index (χ2v) is 37.9. The number of carbonyl (C=O) groups excluding carboxylic acids is 3. The number of amides is 3. The van der Waals surface area contributed by atoms with E-state index in [2.05, 4.69) is 133 Å². The number of carbonyl (C=O) groups is 3. The van der Waals surface area contributed by atoms with Crippen molar-refractivity contribution in [3.63, 3.8) is 0 Å². The lowest BCUT2D eigenvalue weighted by molar-refractivity contribution is -0.123. The third kappa shape index (κ3) is 27.3. The lowest BCUT2D eigenvalue weighted by atomic mass is 9.93. The molecular weight excluding hydrogens is 1760 g/mol. The van der Waals surface area contributed by atoms with Crippen LogP contribution in [0.15, 0.2) is 160 Å². The van der Waals surface area contributed by atoms with E-state index in [0.29, 0.717) is 110 Å². The highest BCUT2D eigenvalue weighted by molar-refractivity contribution is 7.56. The van der Waals surface area contributed by atoms with E-state index in [-0.39, 0.29) is 107 Å². The first-order valence-corrected chi connectivity index (χ1v) is 49.6. The molecule has 0 saturated carbocycles. The van der Waals surface area contributed by atoms with Crippen LogP contribution in [0, 0.1) is 17.8 Å². The van der Waals surface area contributed by atoms with Crippen LogP contribution in [-0.2, 0) is 72.9 Å². The van der Waals surface area contributed by atoms with Gasteiger partial charge in [-0.15, -0.1) is 4.89 Å². The summed E-state index contributed by atoms with van der Waals surface area (Å²) < 4.78 is 40.6. The van der Waals surface area contributed by atoms with Crippen molar-refractivity contribution < 1.29 is 47.1 Å². The summed E-state index contributed by atoms with van der Waals surface area (Å²) in [6, 6.07) is 43.2. The summed E-state index contributed by atoms with van der Waals surface area (Å²) in [5, 5.41) is 9.20. The Morgan fingerprint density at radius 2 is 0.606 bits per heavy atom. The van der Waals surface area contributed by atoms with Gasteiger partial charge >= 0.3 is 43.3 Å². The molecule has 3 fully saturated rings. The van der Waals surface area contributed by atoms with Gasteiger partial charge in [0.15, 0.2) is 51.6 Å². The molecule has 12 aromatic rings. The van der Waals surface area contributed by atoms with Gasteiger partial charge in [0.2, 0.25) is 17.7 Å². The Morgan fingerprint density at radius 1 is 0.372 bits per heavy atom. The van der Waals surface area contributed by atoms with E-state index >= 15 is 0 Å². The number of hydrogen-bond donors (Lipinski definition) is 13. The van der Waals surface area contributed by atoms with Crippen LogP contribution >= 0.6 is 8.17 Å². The fourth-order valence-electron chi connectivity index (χ4n) is 17.7. The lowest BCUT2D eigenvalue weighted by Gasteiger charge is -2.32. The molecule has 6 aromatic carbocycles. The highest BCUT2D eigenvalue weighted by Gasteiger charge is 2.50. The normalized spacial score (nSPS) is 15.2. The summed E-state index contributed by atoms with van der Waals surface area (Å²) in [6.07, 6.45) is 14.5. The number of ether oxygens (including phenoxy) is 3. The smallest absolute Gasteiger partial charge is 0.463 e. The summed E-state index contributed by atoms with van der Waals surface area (Å²) in [4.78, 5) is 134. The number of rotatable bonds is 48. The number of imidazole rings is 3. The highest BCUT2D eigenvalue weighted by Crippen LogP contribution is 2.57. The zero-order chi connectivity index (χ0) is 95.9. The quantitative estimate of drug-likeness (QED) is 0.0125. The van der Waals surface area contributed by atoms with Crippen LogP contribution in [0.1, 0.15) is 167 Å². The van der Waals surface area contributed by atoms with Crippen LogP contribution < -0.4 is 95.2 Å². The van der Waals surface area contributed by atoms with Crippen LogP contribution in [0.3, 0.4) is 0 Å². The van der Waals surface area contributed by atoms with Gasteiger partial charge in [-0.25, -0.2) is 28.0 Å². The summed E-state index contributed by atoms with van der Waals surface area (Å²) in [7, 11) is -4.34. The molecular formula is C99H130N24O13P+. The van der Waals surface area contributed by atoms with Gasteiger partial charge in [0.05, 0.1) is 57.6 Å². The fourth-order valence-corrected chi connectivity index (χ4v) is 18.9. The van der Waals surface area contributed by atoms with Gasteiger partial charge in [0.1, 0.15) is 16.6 Å². The van der Waals surface area contributed by atoms with Crippen molar-refractivity contribution in [1.82, 2.24) is 89.2 Å². The number of aromatic amines is 3. The Hall–Kier alpha value is -12.9. The van der Waals surface area contributed by atoms with Gasteiger partial charge in [-0.05, 0) is 240 Å². The number of fused-ring (bicyclic) bond motifs is 3. The van der Waals surface area contributed by atoms with E-state index in [9.17, 15) is 33.7 Å². The van der Waals surface area contributed by atoms with E-state index in [4.69, 9.17) is 62.2 Å². The molecule has 37 nitrogen and oxygen atoms in total. The third-order valence-electron chi connectivity index (χ3n) is 25.9. The molecule has 3 atom stereocenters. The Balaban J connectivity index is 0.500. The van der Waals surface area contributed by atoms with Gasteiger partial charge in [-0.3, -0.25) is 42.8 Å². The number of nitrogen functional groups attached to an aromatic ring is 3. The SMILES string of the molecule is CCCCOc1nc(N)c2[nH]c(=O)n(Cc3ccc(CN4CCC(CCNC(=O)[C@@H](N)Cc5ccc(O[P+](O)(Oc6ccc(C[C@H](N)C(=O)NCCC7CCN(Cc8ccc(Cn9c(=O)[nH]c%10c(N)nc(OCCCC)nc%109)cc8)CC7)cc6)Oc6ccc(C[C@H](N)C(=O)NCCC7CCN(Cc8ccc(Cn9c(=O)[nH]c%10c(N)nc(OCCCC)nc%109)cc8)CC7)cc6)cc5)CC4)cc3)c2n1. The van der Waals surface area contributed by atoms with E-state index in [1.807, 2.05) is 36.4 Å². The Morgan fingerprint density at radius 3 is 0.847 bits per heavy atom. The van der Waals surface area contributed by atoms with Crippen molar-refractivity contribution in [2.24, 2.45) is 35.0 Å². The molecule has 0 radical (unpaired) electrons. The van der Waals surface area contributed by atoms with Crippen molar-refractivity contribution in [3.05, 3.63) is 227 Å². The van der Waals surface area contributed by atoms with Crippen molar-refractivity contribution in [2.75, 3.05) is 95.9 Å². The summed E-state index contributed by atoms with van der Waals surface area (Å²) >= 11 is 0. The average molecular weight is 1900 g/mol. The minimum absolute atomic E-state index is 0.145. The van der Waals surface area contributed by atoms with Crippen LogP contribution in [0.2, 0.25) is 0 Å². The van der Waals surface area contributed by atoms with Crippen LogP contribution in [-0.4, -0.2) is 193 Å². The maximum atomic E-state index is 13.5. The zero-order valence-electron chi connectivity index (χ0n) is 78.4. The van der Waals surface area contributed by atoms with Gasteiger partial charge in [-0.1, -0.05) is 149 Å². The first-order chi connectivity index (χ1) is 66.4. The van der Waals surface area contributed by atoms with Crippen molar-refractivity contribution in [2.45, 2.75) is 194 Å². The summed E-state index contributed by atoms with van der Waals surface area (Å²) in [5.74, 6) is 1.65. The number of likely N-dealkylation sites (tertiary alicyclic amines) is 3. The molecule has 3 aliphatic heterocycles. The highest BCUT2D eigenvalue weighted by atomic mass is 31.2. The largest absolute Gasteiger partial charge is 0.714 e. The number of H-pyrrole nitrogens is 3. The minimum Gasteiger partial charge on any atom is -0.463 e. The molecule has 0 bridgehead atoms. The molecule has 6 aromatic heterocycles. The second kappa shape index (κ2) is 47.3. The molecule has 0 unspecified atom stereocenters. The molecule has 3 aliphatic rings. The standard InChI is InChI=1S/C99H129N24O13P/c1-4-7-52-131-94-112-85(103)82-88(115-94)121(97(127)109-82)61-73-16-10-70(11-17-73)58-118-46-37-64(38-47-118)34-43-106-91(124)79(100)55-67-22-28-76(29-23-67)134-137(130,135-77-30-24-68(25-31-77)56-80(101)92(125)107-44-35-65-39-48-119(49-40-65)59-71-12-18-74(19-13-71)62-122-89-83(110-98(122)128)86(104)113-95(116-89)132-53-8-5-2)136-78-32-26-69(27-33-78)57-81(102)93(126)108-45-36-66-41-50-120(51-42-66)60-72-14-20-75(21-15-72)63-123-90-84(111-99(123)129)87(105)114-96(117-90)133-54-9-6-3/h10-33,64-66,79-81,130H,4-9,34-63,100-102H2,1-3H3,(H11-,103,104,105,106,107,108,109,110,111,112,113,114,115,116,117,124,125,126,127,128,129)/p+1/t79-,80-,81-/m0/s1. The topological polar surface area (TPSA) is 519 Å². The molecule has 3 amide bonds. The Labute approximate surface area is 796 Å². The number of unbranched alkanes of at least 4 members (excludes halogenated alkanes) is 3. The minimum atomic E-state index is -4.34. The molecule has 38 heteroatoms. The first kappa shape index (κ1) is 98.6. The first-order valence-electron chi connectivity index (χ1n) is 48.1. The zero-order valence-corrected chi connectivity index (χ0v) is 79.3. The molecule has 0 aliphatic carbocycles. The summed E-state index contributed by atoms with van der Waals surface area (Å²) in [6.45, 7) is 17.9. The number of piperidine rings is 3. The lowest BCUT2D eigenvalue weighted by Crippen LogP contribution is -2.43. The van der Waals surface area contributed by atoms with E-state index in [0.717, 1.165) is 189 Å². The molecule has 728 valence electrons. The molecule has 9 heterocycles. The van der Waals surface area contributed by atoms with Crippen LogP contribution in [0.5, 0.6) is 35.3 Å². The predicted molar refractivity (Wildman–Crippen MR) is 528 cm³/mol. The van der Waals surface area contributed by atoms with Crippen molar-refractivity contribution in [1.29, 1.82) is 0 Å². The van der Waals surface area contributed by atoms with Gasteiger partial charge in [0, 0.05) is 39.3 Å². The maximum absolute atomic E-state index is 13.5. The number of anilines is 3. The number of nitrogens with two attached hydrogens (primary N) is 6. The van der Waals surface area contributed by atoms with Crippen molar-refractivity contribution >= 4 is 76.8 Å². The van der Waals surface area contributed by atoms with Crippen LogP contribution in [0.4, 0.5) is 17.5 Å². The average Bonchev–Trinajstić information content (AvgIpc) is 1.63. The number of aromatic nitrogens is 12. The Bertz CT molecular complexity index is 5580. The van der Waals surface area contributed by atoms with Crippen LogP contribution in [0.25, 0.3) is 33.5 Å². The van der Waals surface area contributed by atoms with Gasteiger partial charge < -0.3 is 79.5 Å².